The Morgan fingerprint density at radius 2 is 1.74 bits per heavy atom. The van der Waals surface area contributed by atoms with Gasteiger partial charge in [0.2, 0.25) is 0 Å². The van der Waals surface area contributed by atoms with Crippen LogP contribution in [0.5, 0.6) is 0 Å². The van der Waals surface area contributed by atoms with E-state index in [1.807, 2.05) is 13.0 Å². The monoisotopic (exact) mass is 271 g/mol. The van der Waals surface area contributed by atoms with Gasteiger partial charge in [-0.3, -0.25) is 0 Å². The summed E-state index contributed by atoms with van der Waals surface area (Å²) in [6.07, 6.45) is 0.938. The number of hydrogen-bond donors (Lipinski definition) is 1. The van der Waals surface area contributed by atoms with Crippen molar-refractivity contribution in [1.29, 1.82) is 0 Å². The van der Waals surface area contributed by atoms with Gasteiger partial charge in [0.05, 0.1) is 0 Å². The fraction of sp³-hybridized carbons (Fsp3) is 0.176. The summed E-state index contributed by atoms with van der Waals surface area (Å²) in [6.45, 7) is 2.79. The van der Waals surface area contributed by atoms with E-state index < -0.39 is 0 Å². The Balaban J connectivity index is 2.12. The lowest BCUT2D eigenvalue weighted by atomic mass is 10.0. The molecule has 0 aliphatic carbocycles. The molecule has 0 saturated heterocycles. The molecule has 1 nitrogen and oxygen atoms in total. The summed E-state index contributed by atoms with van der Waals surface area (Å²) in [5.74, 6) is 0. The Bertz CT molecular complexity index is 546. The highest BCUT2D eigenvalue weighted by molar-refractivity contribution is 6.25. The molecule has 0 spiro atoms. The smallest absolute Gasteiger partial charge is 0.0378 e. The molecule has 0 amide bonds. The van der Waals surface area contributed by atoms with E-state index in [0.29, 0.717) is 0 Å². The van der Waals surface area contributed by atoms with Crippen LogP contribution in [0.3, 0.4) is 0 Å². The van der Waals surface area contributed by atoms with Gasteiger partial charge >= 0.3 is 0 Å². The van der Waals surface area contributed by atoms with Crippen LogP contribution in [0, 0.1) is 0 Å². The van der Waals surface area contributed by atoms with Crippen molar-refractivity contribution in [2.45, 2.75) is 13.3 Å². The standard InChI is InChI=1S/C17H18ClN/c1-14(12-18)13-19-17-10-6-5-9-16(17)11-15-7-3-2-4-8-15/h2-10,12,19H,11,13H2,1H3/b14-12-. The van der Waals surface area contributed by atoms with Crippen LogP contribution in [0.2, 0.25) is 0 Å². The second-order valence-corrected chi connectivity index (χ2v) is 4.85. The van der Waals surface area contributed by atoms with E-state index in [2.05, 4.69) is 53.8 Å². The van der Waals surface area contributed by atoms with Crippen LogP contribution in [0.1, 0.15) is 18.1 Å². The van der Waals surface area contributed by atoms with E-state index in [4.69, 9.17) is 11.6 Å². The van der Waals surface area contributed by atoms with E-state index in [9.17, 15) is 0 Å². The van der Waals surface area contributed by atoms with E-state index in [0.717, 1.165) is 18.5 Å². The minimum atomic E-state index is 0.773. The highest BCUT2D eigenvalue weighted by atomic mass is 35.5. The van der Waals surface area contributed by atoms with Gasteiger partial charge in [-0.25, -0.2) is 0 Å². The molecule has 0 aliphatic rings. The second kappa shape index (κ2) is 7.01. The highest BCUT2D eigenvalue weighted by Gasteiger charge is 2.02. The molecule has 0 bridgehead atoms. The second-order valence-electron chi connectivity index (χ2n) is 4.63. The summed E-state index contributed by atoms with van der Waals surface area (Å²) in [5, 5.41) is 3.43. The quantitative estimate of drug-likeness (QED) is 0.821. The molecule has 0 fully saturated rings. The molecule has 1 N–H and O–H groups in total. The van der Waals surface area contributed by atoms with E-state index in [-0.39, 0.29) is 0 Å². The lowest BCUT2D eigenvalue weighted by Gasteiger charge is -2.12. The molecule has 0 unspecified atom stereocenters. The van der Waals surface area contributed by atoms with Crippen molar-refractivity contribution < 1.29 is 0 Å². The first-order chi connectivity index (χ1) is 9.29. The molecule has 98 valence electrons. The predicted octanol–water partition coefficient (Wildman–Crippen LogP) is 4.83. The fourth-order valence-electron chi connectivity index (χ4n) is 1.94. The summed E-state index contributed by atoms with van der Waals surface area (Å²) in [5.41, 5.74) is 6.53. The zero-order valence-corrected chi connectivity index (χ0v) is 11.8. The lowest BCUT2D eigenvalue weighted by Crippen LogP contribution is -2.05. The van der Waals surface area contributed by atoms with Gasteiger partial charge in [0.1, 0.15) is 0 Å². The number of anilines is 1. The van der Waals surface area contributed by atoms with Crippen molar-refractivity contribution in [3.05, 3.63) is 76.8 Å². The number of para-hydroxylation sites is 1. The van der Waals surface area contributed by atoms with Crippen LogP contribution in [-0.2, 0) is 6.42 Å². The van der Waals surface area contributed by atoms with Crippen LogP contribution in [0.15, 0.2) is 65.7 Å². The van der Waals surface area contributed by atoms with Crippen LogP contribution >= 0.6 is 11.6 Å². The van der Waals surface area contributed by atoms with Gasteiger partial charge < -0.3 is 5.32 Å². The molecule has 2 aromatic carbocycles. The van der Waals surface area contributed by atoms with E-state index in [1.54, 1.807) is 5.54 Å². The molecular formula is C17H18ClN. The molecule has 2 heteroatoms. The summed E-state index contributed by atoms with van der Waals surface area (Å²) in [4.78, 5) is 0. The molecule has 0 aliphatic heterocycles. The molecule has 0 heterocycles. The van der Waals surface area contributed by atoms with Gasteiger partial charge in [-0.1, -0.05) is 60.1 Å². The third-order valence-electron chi connectivity index (χ3n) is 3.00. The maximum absolute atomic E-state index is 5.69. The van der Waals surface area contributed by atoms with Crippen LogP contribution < -0.4 is 5.32 Å². The molecule has 0 saturated carbocycles. The fourth-order valence-corrected chi connectivity index (χ4v) is 2.01. The first-order valence-corrected chi connectivity index (χ1v) is 6.85. The summed E-state index contributed by atoms with van der Waals surface area (Å²) in [6, 6.07) is 18.9. The maximum atomic E-state index is 5.69. The Morgan fingerprint density at radius 1 is 1.05 bits per heavy atom. The van der Waals surface area contributed by atoms with Gasteiger partial charge in [0.15, 0.2) is 0 Å². The molecule has 2 rings (SSSR count). The number of benzene rings is 2. The summed E-state index contributed by atoms with van der Waals surface area (Å²) in [7, 11) is 0. The third-order valence-corrected chi connectivity index (χ3v) is 3.37. The van der Waals surface area contributed by atoms with Gasteiger partial charge in [-0.05, 0) is 36.1 Å². The zero-order valence-electron chi connectivity index (χ0n) is 11.1. The largest absolute Gasteiger partial charge is 0.381 e. The van der Waals surface area contributed by atoms with Crippen molar-refractivity contribution in [2.24, 2.45) is 0 Å². The Kier molecular flexibility index (Phi) is 5.05. The van der Waals surface area contributed by atoms with Crippen LogP contribution in [0.4, 0.5) is 5.69 Å². The number of hydrogen-bond acceptors (Lipinski definition) is 1. The van der Waals surface area contributed by atoms with Crippen LogP contribution in [-0.4, -0.2) is 6.54 Å². The van der Waals surface area contributed by atoms with Crippen molar-refractivity contribution in [2.75, 3.05) is 11.9 Å². The van der Waals surface area contributed by atoms with Crippen molar-refractivity contribution >= 4 is 17.3 Å². The molecule has 2 aromatic rings. The normalized spacial score (nSPS) is 11.4. The van der Waals surface area contributed by atoms with Crippen molar-refractivity contribution in [3.63, 3.8) is 0 Å². The summed E-state index contributed by atoms with van der Waals surface area (Å²) < 4.78 is 0. The van der Waals surface area contributed by atoms with E-state index >= 15 is 0 Å². The van der Waals surface area contributed by atoms with Crippen molar-refractivity contribution in [1.82, 2.24) is 0 Å². The van der Waals surface area contributed by atoms with Crippen molar-refractivity contribution in [3.8, 4) is 0 Å². The molecule has 0 atom stereocenters. The van der Waals surface area contributed by atoms with Gasteiger partial charge in [0.25, 0.3) is 0 Å². The molecule has 0 aromatic heterocycles. The van der Waals surface area contributed by atoms with Gasteiger partial charge in [0, 0.05) is 17.8 Å². The molecular weight excluding hydrogens is 254 g/mol. The number of rotatable bonds is 5. The number of nitrogens with one attached hydrogen (secondary N) is 1. The average molecular weight is 272 g/mol. The van der Waals surface area contributed by atoms with Gasteiger partial charge in [-0.15, -0.1) is 0 Å². The highest BCUT2D eigenvalue weighted by Crippen LogP contribution is 2.19. The minimum Gasteiger partial charge on any atom is -0.381 e. The third kappa shape index (κ3) is 4.15. The predicted molar refractivity (Wildman–Crippen MR) is 83.8 cm³/mol. The molecule has 19 heavy (non-hydrogen) atoms. The first-order valence-electron chi connectivity index (χ1n) is 6.41. The zero-order chi connectivity index (χ0) is 13.5. The molecule has 0 radical (unpaired) electrons. The first kappa shape index (κ1) is 13.7. The van der Waals surface area contributed by atoms with Gasteiger partial charge in [-0.2, -0.15) is 0 Å². The Hall–Kier alpha value is -1.73. The topological polar surface area (TPSA) is 12.0 Å². The average Bonchev–Trinajstić information content (AvgIpc) is 2.47. The lowest BCUT2D eigenvalue weighted by molar-refractivity contribution is 1.15. The van der Waals surface area contributed by atoms with E-state index in [1.165, 1.54) is 16.8 Å². The Morgan fingerprint density at radius 3 is 2.47 bits per heavy atom. The Labute approximate surface area is 119 Å². The number of halogens is 1. The van der Waals surface area contributed by atoms with Crippen LogP contribution in [0.25, 0.3) is 0 Å². The summed E-state index contributed by atoms with van der Waals surface area (Å²) >= 11 is 5.69. The SMILES string of the molecule is C/C(=C/Cl)CNc1ccccc1Cc1ccccc1. The minimum absolute atomic E-state index is 0.773. The maximum Gasteiger partial charge on any atom is 0.0378 e.